The molecule has 6 heteroatoms. The van der Waals surface area contributed by atoms with Gasteiger partial charge in [-0.25, -0.2) is 15.0 Å². The van der Waals surface area contributed by atoms with E-state index in [1.165, 1.54) is 0 Å². The molecule has 0 aromatic heterocycles. The van der Waals surface area contributed by atoms with Crippen molar-refractivity contribution >= 4 is 17.8 Å². The SMILES string of the molecule is CCOC(=O)N/N=C(\Cc1ccccc1)C(=O)O. The van der Waals surface area contributed by atoms with Crippen molar-refractivity contribution in [2.45, 2.75) is 13.3 Å². The summed E-state index contributed by atoms with van der Waals surface area (Å²) in [4.78, 5) is 21.9. The van der Waals surface area contributed by atoms with Crippen molar-refractivity contribution < 1.29 is 19.4 Å². The van der Waals surface area contributed by atoms with Crippen LogP contribution in [0.25, 0.3) is 0 Å². The monoisotopic (exact) mass is 250 g/mol. The van der Waals surface area contributed by atoms with E-state index in [9.17, 15) is 9.59 Å². The molecule has 0 bridgehead atoms. The second kappa shape index (κ2) is 7.05. The molecule has 1 rings (SSSR count). The molecular formula is C12H14N2O4. The quantitative estimate of drug-likeness (QED) is 0.611. The first kappa shape index (κ1) is 13.7. The molecule has 0 aliphatic carbocycles. The molecule has 0 unspecified atom stereocenters. The van der Waals surface area contributed by atoms with Crippen LogP contribution in [0.5, 0.6) is 0 Å². The molecule has 0 fully saturated rings. The average molecular weight is 250 g/mol. The van der Waals surface area contributed by atoms with E-state index in [4.69, 9.17) is 5.11 Å². The van der Waals surface area contributed by atoms with Gasteiger partial charge in [-0.05, 0) is 12.5 Å². The van der Waals surface area contributed by atoms with Gasteiger partial charge in [-0.15, -0.1) is 0 Å². The van der Waals surface area contributed by atoms with Crippen molar-refractivity contribution in [3.8, 4) is 0 Å². The number of carbonyl (C=O) groups excluding carboxylic acids is 1. The molecular weight excluding hydrogens is 236 g/mol. The lowest BCUT2D eigenvalue weighted by molar-refractivity contribution is -0.129. The number of hydrazone groups is 1. The molecule has 0 spiro atoms. The highest BCUT2D eigenvalue weighted by molar-refractivity contribution is 6.36. The van der Waals surface area contributed by atoms with Gasteiger partial charge in [0, 0.05) is 6.42 Å². The van der Waals surface area contributed by atoms with Gasteiger partial charge in [0.25, 0.3) is 0 Å². The molecule has 0 aliphatic rings. The van der Waals surface area contributed by atoms with Crippen LogP contribution in [0.2, 0.25) is 0 Å². The summed E-state index contributed by atoms with van der Waals surface area (Å²) < 4.78 is 4.57. The Morgan fingerprint density at radius 3 is 2.56 bits per heavy atom. The zero-order valence-electron chi connectivity index (χ0n) is 9.92. The fourth-order valence-electron chi connectivity index (χ4n) is 1.23. The zero-order chi connectivity index (χ0) is 13.4. The van der Waals surface area contributed by atoms with E-state index in [-0.39, 0.29) is 18.7 Å². The molecule has 2 N–H and O–H groups in total. The van der Waals surface area contributed by atoms with Crippen LogP contribution in [-0.2, 0) is 16.0 Å². The van der Waals surface area contributed by atoms with Crippen LogP contribution in [0.4, 0.5) is 4.79 Å². The van der Waals surface area contributed by atoms with Gasteiger partial charge < -0.3 is 9.84 Å². The number of carbonyl (C=O) groups is 2. The summed E-state index contributed by atoms with van der Waals surface area (Å²) in [5.74, 6) is -1.18. The second-order valence-electron chi connectivity index (χ2n) is 3.36. The molecule has 96 valence electrons. The Labute approximate surface area is 104 Å². The first-order valence-electron chi connectivity index (χ1n) is 5.40. The summed E-state index contributed by atoms with van der Waals surface area (Å²) in [7, 11) is 0. The maximum absolute atomic E-state index is 11.0. The fraction of sp³-hybridized carbons (Fsp3) is 0.250. The third kappa shape index (κ3) is 4.65. The molecule has 0 saturated carbocycles. The number of carboxylic acid groups (broad SMARTS) is 1. The Balaban J connectivity index is 2.68. The number of rotatable bonds is 5. The van der Waals surface area contributed by atoms with Crippen molar-refractivity contribution in [1.82, 2.24) is 5.43 Å². The number of hydrogen-bond acceptors (Lipinski definition) is 4. The van der Waals surface area contributed by atoms with Crippen molar-refractivity contribution in [2.75, 3.05) is 6.61 Å². The Kier molecular flexibility index (Phi) is 5.37. The van der Waals surface area contributed by atoms with E-state index in [0.717, 1.165) is 5.56 Å². The number of ether oxygens (including phenoxy) is 1. The first-order chi connectivity index (χ1) is 8.63. The standard InChI is InChI=1S/C12H14N2O4/c1-2-18-12(17)14-13-10(11(15)16)8-9-6-4-3-5-7-9/h3-7H,2,8H2,1H3,(H,14,17)(H,15,16)/b13-10+. The number of hydrogen-bond donors (Lipinski definition) is 2. The van der Waals surface area contributed by atoms with Crippen LogP contribution in [0.15, 0.2) is 35.4 Å². The van der Waals surface area contributed by atoms with Crippen LogP contribution in [0, 0.1) is 0 Å². The lowest BCUT2D eigenvalue weighted by Crippen LogP contribution is -2.25. The number of benzene rings is 1. The van der Waals surface area contributed by atoms with Gasteiger partial charge in [0.1, 0.15) is 5.71 Å². The highest BCUT2D eigenvalue weighted by Gasteiger charge is 2.11. The van der Waals surface area contributed by atoms with Gasteiger partial charge in [-0.1, -0.05) is 30.3 Å². The van der Waals surface area contributed by atoms with Gasteiger partial charge in [-0.3, -0.25) is 0 Å². The minimum Gasteiger partial charge on any atom is -0.477 e. The Hall–Kier alpha value is -2.37. The van der Waals surface area contributed by atoms with E-state index in [1.807, 2.05) is 11.5 Å². The van der Waals surface area contributed by atoms with E-state index in [0.29, 0.717) is 0 Å². The molecule has 1 amide bonds. The topological polar surface area (TPSA) is 88.0 Å². The molecule has 0 heterocycles. The molecule has 0 saturated heterocycles. The summed E-state index contributed by atoms with van der Waals surface area (Å²) in [5.41, 5.74) is 2.67. The summed E-state index contributed by atoms with van der Waals surface area (Å²) in [6, 6.07) is 8.99. The van der Waals surface area contributed by atoms with E-state index in [1.54, 1.807) is 31.2 Å². The third-order valence-corrected chi connectivity index (χ3v) is 2.02. The summed E-state index contributed by atoms with van der Waals surface area (Å²) in [6.07, 6.45) is -0.646. The van der Waals surface area contributed by atoms with Gasteiger partial charge >= 0.3 is 12.1 Å². The lowest BCUT2D eigenvalue weighted by atomic mass is 10.1. The molecule has 6 nitrogen and oxygen atoms in total. The van der Waals surface area contributed by atoms with Crippen molar-refractivity contribution in [3.63, 3.8) is 0 Å². The Morgan fingerprint density at radius 2 is 2.00 bits per heavy atom. The van der Waals surface area contributed by atoms with E-state index < -0.39 is 12.1 Å². The largest absolute Gasteiger partial charge is 0.477 e. The number of aliphatic carboxylic acids is 1. The number of nitrogens with one attached hydrogen (secondary N) is 1. The maximum Gasteiger partial charge on any atom is 0.427 e. The van der Waals surface area contributed by atoms with Crippen LogP contribution >= 0.6 is 0 Å². The van der Waals surface area contributed by atoms with Crippen molar-refractivity contribution in [3.05, 3.63) is 35.9 Å². The van der Waals surface area contributed by atoms with Crippen molar-refractivity contribution in [1.29, 1.82) is 0 Å². The van der Waals surface area contributed by atoms with Gasteiger partial charge in [0.05, 0.1) is 6.61 Å². The molecule has 1 aromatic rings. The molecule has 1 aromatic carbocycles. The van der Waals surface area contributed by atoms with Crippen LogP contribution in [0.3, 0.4) is 0 Å². The minimum absolute atomic E-state index is 0.128. The minimum atomic E-state index is -1.18. The molecule has 0 atom stereocenters. The van der Waals surface area contributed by atoms with Crippen LogP contribution < -0.4 is 5.43 Å². The Bertz CT molecular complexity index is 443. The normalized spacial score (nSPS) is 10.8. The smallest absolute Gasteiger partial charge is 0.427 e. The summed E-state index contributed by atoms with van der Waals surface area (Å²) >= 11 is 0. The number of nitrogens with zero attached hydrogens (tertiary/aromatic N) is 1. The van der Waals surface area contributed by atoms with Crippen molar-refractivity contribution in [2.24, 2.45) is 5.10 Å². The predicted molar refractivity (Wildman–Crippen MR) is 65.4 cm³/mol. The second-order valence-corrected chi connectivity index (χ2v) is 3.36. The lowest BCUT2D eigenvalue weighted by Gasteiger charge is -2.03. The zero-order valence-corrected chi connectivity index (χ0v) is 9.92. The average Bonchev–Trinajstić information content (AvgIpc) is 2.35. The summed E-state index contributed by atoms with van der Waals surface area (Å²) in [5, 5.41) is 12.5. The van der Waals surface area contributed by atoms with E-state index in [2.05, 4.69) is 9.84 Å². The van der Waals surface area contributed by atoms with Crippen LogP contribution in [0.1, 0.15) is 12.5 Å². The third-order valence-electron chi connectivity index (χ3n) is 2.02. The van der Waals surface area contributed by atoms with E-state index >= 15 is 0 Å². The molecule has 0 radical (unpaired) electrons. The first-order valence-corrected chi connectivity index (χ1v) is 5.40. The van der Waals surface area contributed by atoms with Crippen LogP contribution in [-0.4, -0.2) is 29.5 Å². The van der Waals surface area contributed by atoms with Gasteiger partial charge in [0.2, 0.25) is 0 Å². The molecule has 0 aliphatic heterocycles. The highest BCUT2D eigenvalue weighted by Crippen LogP contribution is 2.01. The fourth-order valence-corrected chi connectivity index (χ4v) is 1.23. The molecule has 18 heavy (non-hydrogen) atoms. The summed E-state index contributed by atoms with van der Waals surface area (Å²) in [6.45, 7) is 1.84. The van der Waals surface area contributed by atoms with Gasteiger partial charge in [-0.2, -0.15) is 5.10 Å². The van der Waals surface area contributed by atoms with Gasteiger partial charge in [0.15, 0.2) is 0 Å². The number of amides is 1. The highest BCUT2D eigenvalue weighted by atomic mass is 16.5. The number of carboxylic acids is 1. The Morgan fingerprint density at radius 1 is 1.33 bits per heavy atom. The maximum atomic E-state index is 11.0. The predicted octanol–water partition coefficient (Wildman–Crippen LogP) is 1.42.